The Morgan fingerprint density at radius 3 is 3.00 bits per heavy atom. The van der Waals surface area contributed by atoms with Crippen molar-refractivity contribution in [2.45, 2.75) is 6.04 Å². The minimum Gasteiger partial charge on any atom is -0.396 e. The van der Waals surface area contributed by atoms with Gasteiger partial charge in [0.15, 0.2) is 0 Å². The second-order valence-electron chi connectivity index (χ2n) is 3.32. The molecule has 0 amide bonds. The Bertz CT molecular complexity index is 323. The van der Waals surface area contributed by atoms with E-state index in [1.54, 1.807) is 6.20 Å². The number of morpholine rings is 1. The smallest absolute Gasteiger partial charge is 0.146 e. The van der Waals surface area contributed by atoms with Crippen molar-refractivity contribution >= 4 is 11.5 Å². The number of pyridine rings is 1. The Morgan fingerprint density at radius 2 is 2.36 bits per heavy atom. The molecule has 5 heteroatoms. The predicted molar refractivity (Wildman–Crippen MR) is 54.6 cm³/mol. The van der Waals surface area contributed by atoms with Crippen LogP contribution in [0.4, 0.5) is 11.5 Å². The predicted octanol–water partition coefficient (Wildman–Crippen LogP) is -0.0931. The number of nitrogens with one attached hydrogen (secondary N) is 1. The summed E-state index contributed by atoms with van der Waals surface area (Å²) in [6.07, 6.45) is 1.73. The van der Waals surface area contributed by atoms with Gasteiger partial charge in [0.2, 0.25) is 0 Å². The number of nitrogens with two attached hydrogens (primary N) is 2. The molecule has 2 heterocycles. The van der Waals surface area contributed by atoms with Crippen molar-refractivity contribution in [1.82, 2.24) is 10.3 Å². The fourth-order valence-electron chi connectivity index (χ4n) is 1.48. The van der Waals surface area contributed by atoms with Crippen LogP contribution in [0.15, 0.2) is 12.3 Å². The Balaban J connectivity index is 2.18. The Morgan fingerprint density at radius 1 is 1.50 bits per heavy atom. The second-order valence-corrected chi connectivity index (χ2v) is 3.32. The normalized spacial score (nSPS) is 22.1. The van der Waals surface area contributed by atoms with E-state index in [9.17, 15) is 0 Å². The number of rotatable bonds is 1. The average Bonchev–Trinajstić information content (AvgIpc) is 2.23. The molecular weight excluding hydrogens is 180 g/mol. The number of ether oxygens (including phenoxy) is 1. The number of nitrogen functional groups attached to an aromatic ring is 2. The van der Waals surface area contributed by atoms with E-state index in [1.807, 2.05) is 6.07 Å². The second kappa shape index (κ2) is 3.81. The quantitative estimate of drug-likeness (QED) is 0.581. The van der Waals surface area contributed by atoms with E-state index in [0.717, 1.165) is 18.7 Å². The van der Waals surface area contributed by atoms with Gasteiger partial charge in [-0.15, -0.1) is 0 Å². The molecule has 1 saturated heterocycles. The third-order valence-corrected chi connectivity index (χ3v) is 2.29. The van der Waals surface area contributed by atoms with E-state index in [-0.39, 0.29) is 6.04 Å². The summed E-state index contributed by atoms with van der Waals surface area (Å²) in [5.74, 6) is 0.380. The van der Waals surface area contributed by atoms with Crippen molar-refractivity contribution in [3.8, 4) is 0 Å². The highest BCUT2D eigenvalue weighted by Gasteiger charge is 2.15. The highest BCUT2D eigenvalue weighted by Crippen LogP contribution is 2.20. The van der Waals surface area contributed by atoms with Crippen LogP contribution in [0.25, 0.3) is 0 Å². The molecule has 14 heavy (non-hydrogen) atoms. The van der Waals surface area contributed by atoms with Crippen LogP contribution in [0.1, 0.15) is 11.6 Å². The van der Waals surface area contributed by atoms with Gasteiger partial charge in [0.1, 0.15) is 5.82 Å². The maximum atomic E-state index is 5.67. The Kier molecular flexibility index (Phi) is 2.51. The highest BCUT2D eigenvalue weighted by molar-refractivity contribution is 5.58. The summed E-state index contributed by atoms with van der Waals surface area (Å²) in [6.45, 7) is 2.27. The van der Waals surface area contributed by atoms with Gasteiger partial charge in [0.05, 0.1) is 24.9 Å². The molecule has 1 aliphatic rings. The van der Waals surface area contributed by atoms with Crippen LogP contribution in [0.2, 0.25) is 0 Å². The minimum absolute atomic E-state index is 0.180. The molecule has 0 saturated carbocycles. The van der Waals surface area contributed by atoms with Crippen molar-refractivity contribution < 1.29 is 4.74 Å². The van der Waals surface area contributed by atoms with E-state index >= 15 is 0 Å². The molecule has 2 rings (SSSR count). The van der Waals surface area contributed by atoms with Gasteiger partial charge in [-0.3, -0.25) is 0 Å². The van der Waals surface area contributed by atoms with Crippen LogP contribution in [0, 0.1) is 0 Å². The van der Waals surface area contributed by atoms with E-state index in [0.29, 0.717) is 18.1 Å². The number of nitrogens with zero attached hydrogens (tertiary/aromatic N) is 1. The molecule has 0 spiro atoms. The zero-order valence-electron chi connectivity index (χ0n) is 7.86. The number of anilines is 2. The zero-order chi connectivity index (χ0) is 9.97. The first kappa shape index (κ1) is 9.23. The summed E-state index contributed by atoms with van der Waals surface area (Å²) in [7, 11) is 0. The zero-order valence-corrected chi connectivity index (χ0v) is 7.86. The van der Waals surface area contributed by atoms with E-state index in [2.05, 4.69) is 10.3 Å². The van der Waals surface area contributed by atoms with Gasteiger partial charge in [-0.2, -0.15) is 0 Å². The molecule has 0 aliphatic carbocycles. The molecule has 1 unspecified atom stereocenters. The molecule has 1 atom stereocenters. The average molecular weight is 194 g/mol. The van der Waals surface area contributed by atoms with Crippen LogP contribution in [0.3, 0.4) is 0 Å². The first-order chi connectivity index (χ1) is 6.77. The van der Waals surface area contributed by atoms with E-state index in [4.69, 9.17) is 16.2 Å². The van der Waals surface area contributed by atoms with Crippen molar-refractivity contribution in [3.05, 3.63) is 17.8 Å². The summed E-state index contributed by atoms with van der Waals surface area (Å²) in [5, 5.41) is 3.32. The topological polar surface area (TPSA) is 86.2 Å². The third kappa shape index (κ3) is 1.78. The molecule has 0 radical (unpaired) electrons. The first-order valence-electron chi connectivity index (χ1n) is 4.59. The molecule has 1 aliphatic heterocycles. The molecule has 5 N–H and O–H groups in total. The minimum atomic E-state index is 0.180. The fourth-order valence-corrected chi connectivity index (χ4v) is 1.48. The largest absolute Gasteiger partial charge is 0.396 e. The fraction of sp³-hybridized carbons (Fsp3) is 0.444. The van der Waals surface area contributed by atoms with Crippen molar-refractivity contribution in [1.29, 1.82) is 0 Å². The van der Waals surface area contributed by atoms with Crippen LogP contribution in [0.5, 0.6) is 0 Å². The maximum absolute atomic E-state index is 5.67. The molecule has 76 valence electrons. The highest BCUT2D eigenvalue weighted by atomic mass is 16.5. The van der Waals surface area contributed by atoms with Gasteiger partial charge in [-0.05, 0) is 11.6 Å². The van der Waals surface area contributed by atoms with Crippen LogP contribution < -0.4 is 16.8 Å². The van der Waals surface area contributed by atoms with Gasteiger partial charge >= 0.3 is 0 Å². The summed E-state index contributed by atoms with van der Waals surface area (Å²) in [5.41, 5.74) is 12.7. The summed E-state index contributed by atoms with van der Waals surface area (Å²) < 4.78 is 5.34. The lowest BCUT2D eigenvalue weighted by atomic mass is 10.1. The lowest BCUT2D eigenvalue weighted by Gasteiger charge is -2.24. The van der Waals surface area contributed by atoms with Gasteiger partial charge in [0.25, 0.3) is 0 Å². The maximum Gasteiger partial charge on any atom is 0.146 e. The van der Waals surface area contributed by atoms with Crippen LogP contribution in [-0.2, 0) is 4.74 Å². The van der Waals surface area contributed by atoms with Crippen molar-refractivity contribution in [3.63, 3.8) is 0 Å². The van der Waals surface area contributed by atoms with Gasteiger partial charge in [0, 0.05) is 12.7 Å². The lowest BCUT2D eigenvalue weighted by molar-refractivity contribution is 0.0768. The van der Waals surface area contributed by atoms with Crippen molar-refractivity contribution in [2.75, 3.05) is 31.2 Å². The first-order valence-corrected chi connectivity index (χ1v) is 4.59. The van der Waals surface area contributed by atoms with Gasteiger partial charge < -0.3 is 21.5 Å². The monoisotopic (exact) mass is 194 g/mol. The SMILES string of the molecule is Nc1cc(C2COCCN2)cnc1N. The van der Waals surface area contributed by atoms with Crippen LogP contribution >= 0.6 is 0 Å². The van der Waals surface area contributed by atoms with Crippen LogP contribution in [-0.4, -0.2) is 24.7 Å². The van der Waals surface area contributed by atoms with Gasteiger partial charge in [-0.1, -0.05) is 0 Å². The third-order valence-electron chi connectivity index (χ3n) is 2.29. The Labute approximate surface area is 82.4 Å². The molecule has 1 aromatic heterocycles. The lowest BCUT2D eigenvalue weighted by Crippen LogP contribution is -2.34. The number of hydrogen-bond acceptors (Lipinski definition) is 5. The standard InChI is InChI=1S/C9H14N4O/c10-7-3-6(4-13-9(7)11)8-5-14-2-1-12-8/h3-4,8,12H,1-2,5,10H2,(H2,11,13). The molecule has 0 bridgehead atoms. The van der Waals surface area contributed by atoms with Gasteiger partial charge in [-0.25, -0.2) is 4.98 Å². The van der Waals surface area contributed by atoms with E-state index in [1.165, 1.54) is 0 Å². The molecule has 1 fully saturated rings. The molecule has 5 nitrogen and oxygen atoms in total. The number of aromatic nitrogens is 1. The Hall–Kier alpha value is -1.33. The summed E-state index contributed by atoms with van der Waals surface area (Å²) in [4.78, 5) is 4.01. The molecule has 0 aromatic carbocycles. The number of hydrogen-bond donors (Lipinski definition) is 3. The molecule has 1 aromatic rings. The summed E-state index contributed by atoms with van der Waals surface area (Å²) in [6, 6.07) is 2.02. The molecular formula is C9H14N4O. The van der Waals surface area contributed by atoms with Crippen molar-refractivity contribution in [2.24, 2.45) is 0 Å². The summed E-state index contributed by atoms with van der Waals surface area (Å²) >= 11 is 0. The van der Waals surface area contributed by atoms with E-state index < -0.39 is 0 Å².